The number of fused-ring (bicyclic) bond motifs is 1. The first-order chi connectivity index (χ1) is 11.6. The van der Waals surface area contributed by atoms with E-state index in [1.54, 1.807) is 23.9 Å². The number of rotatable bonds is 5. The first-order valence-electron chi connectivity index (χ1n) is 7.13. The summed E-state index contributed by atoms with van der Waals surface area (Å²) in [6, 6.07) is 9.42. The molecule has 0 saturated carbocycles. The van der Waals surface area contributed by atoms with Crippen LogP contribution in [0.5, 0.6) is 11.5 Å². The number of halogens is 1. The lowest BCUT2D eigenvalue weighted by atomic mass is 10.2. The van der Waals surface area contributed by atoms with Crippen LogP contribution in [0.2, 0.25) is 0 Å². The van der Waals surface area contributed by atoms with E-state index in [0.29, 0.717) is 18.0 Å². The number of hydrogen-bond acceptors (Lipinski definition) is 5. The van der Waals surface area contributed by atoms with E-state index in [0.717, 1.165) is 15.8 Å². The van der Waals surface area contributed by atoms with Gasteiger partial charge >= 0.3 is 5.97 Å². The molecule has 24 heavy (non-hydrogen) atoms. The van der Waals surface area contributed by atoms with E-state index < -0.39 is 5.97 Å². The van der Waals surface area contributed by atoms with Crippen LogP contribution in [0.3, 0.4) is 0 Å². The smallest absolute Gasteiger partial charge is 0.358 e. The first-order valence-corrected chi connectivity index (χ1v) is 7.92. The molecule has 0 aliphatic carbocycles. The van der Waals surface area contributed by atoms with Gasteiger partial charge in [0, 0.05) is 16.9 Å². The van der Waals surface area contributed by atoms with Crippen molar-refractivity contribution in [1.82, 2.24) is 9.38 Å². The van der Waals surface area contributed by atoms with Gasteiger partial charge in [0.05, 0.1) is 14.2 Å². The Morgan fingerprint density at radius 3 is 2.62 bits per heavy atom. The highest BCUT2D eigenvalue weighted by Crippen LogP contribution is 2.26. The van der Waals surface area contributed by atoms with E-state index in [4.69, 9.17) is 14.2 Å². The molecule has 6 nitrogen and oxygen atoms in total. The Morgan fingerprint density at radius 2 is 1.96 bits per heavy atom. The van der Waals surface area contributed by atoms with Crippen LogP contribution in [0.4, 0.5) is 0 Å². The zero-order valence-corrected chi connectivity index (χ0v) is 14.7. The standard InChI is InChI=1S/C17H15BrN2O4/c1-22-13-5-3-11(4-6-13)10-24-15-7-12(18)8-20-9-14(17(21)23-2)19-16(15)20/h3-9H,10H2,1-2H3. The quantitative estimate of drug-likeness (QED) is 0.624. The van der Waals surface area contributed by atoms with Crippen molar-refractivity contribution in [1.29, 1.82) is 0 Å². The topological polar surface area (TPSA) is 62.1 Å². The maximum atomic E-state index is 11.7. The van der Waals surface area contributed by atoms with Crippen LogP contribution in [0.25, 0.3) is 5.65 Å². The maximum Gasteiger partial charge on any atom is 0.358 e. The largest absolute Gasteiger partial charge is 0.497 e. The summed E-state index contributed by atoms with van der Waals surface area (Å²) >= 11 is 3.43. The van der Waals surface area contributed by atoms with Crippen LogP contribution < -0.4 is 9.47 Å². The molecule has 0 radical (unpaired) electrons. The number of hydrogen-bond donors (Lipinski definition) is 0. The molecular weight excluding hydrogens is 376 g/mol. The number of ether oxygens (including phenoxy) is 3. The highest BCUT2D eigenvalue weighted by molar-refractivity contribution is 9.10. The van der Waals surface area contributed by atoms with Gasteiger partial charge in [0.2, 0.25) is 0 Å². The Morgan fingerprint density at radius 1 is 1.21 bits per heavy atom. The predicted molar refractivity (Wildman–Crippen MR) is 91.6 cm³/mol. The summed E-state index contributed by atoms with van der Waals surface area (Å²) in [4.78, 5) is 15.9. The highest BCUT2D eigenvalue weighted by Gasteiger charge is 2.14. The van der Waals surface area contributed by atoms with E-state index in [1.165, 1.54) is 7.11 Å². The summed E-state index contributed by atoms with van der Waals surface area (Å²) in [5, 5.41) is 0. The van der Waals surface area contributed by atoms with Gasteiger partial charge in [-0.15, -0.1) is 0 Å². The molecule has 0 saturated heterocycles. The molecular formula is C17H15BrN2O4. The molecule has 0 amide bonds. The Kier molecular flexibility index (Phi) is 4.71. The van der Waals surface area contributed by atoms with Gasteiger partial charge < -0.3 is 18.6 Å². The molecule has 2 aromatic heterocycles. The van der Waals surface area contributed by atoms with E-state index in [-0.39, 0.29) is 5.69 Å². The van der Waals surface area contributed by atoms with Gasteiger partial charge in [0.1, 0.15) is 12.4 Å². The SMILES string of the molecule is COC(=O)c1cn2cc(Br)cc(OCc3ccc(OC)cc3)c2n1. The van der Waals surface area contributed by atoms with Crippen LogP contribution in [0.15, 0.2) is 47.2 Å². The zero-order valence-electron chi connectivity index (χ0n) is 13.2. The number of esters is 1. The van der Waals surface area contributed by atoms with Crippen molar-refractivity contribution in [2.24, 2.45) is 0 Å². The summed E-state index contributed by atoms with van der Waals surface area (Å²) < 4.78 is 18.3. The average molecular weight is 391 g/mol. The van der Waals surface area contributed by atoms with Gasteiger partial charge in [0.25, 0.3) is 0 Å². The second kappa shape index (κ2) is 6.92. The van der Waals surface area contributed by atoms with Crippen molar-refractivity contribution in [3.63, 3.8) is 0 Å². The Labute approximate surface area is 147 Å². The number of imidazole rings is 1. The number of methoxy groups -OCH3 is 2. The van der Waals surface area contributed by atoms with Gasteiger partial charge in [0.15, 0.2) is 17.1 Å². The minimum atomic E-state index is -0.490. The molecule has 0 N–H and O–H groups in total. The molecule has 1 aromatic carbocycles. The van der Waals surface area contributed by atoms with Crippen LogP contribution in [0, 0.1) is 0 Å². The summed E-state index contributed by atoms with van der Waals surface area (Å²) in [5.74, 6) is 0.867. The van der Waals surface area contributed by atoms with Crippen molar-refractivity contribution >= 4 is 27.5 Å². The first kappa shape index (κ1) is 16.3. The fraction of sp³-hybridized carbons (Fsp3) is 0.176. The molecule has 0 atom stereocenters. The molecule has 0 bridgehead atoms. The monoisotopic (exact) mass is 390 g/mol. The van der Waals surface area contributed by atoms with Crippen molar-refractivity contribution in [3.8, 4) is 11.5 Å². The molecule has 0 aliphatic heterocycles. The minimum absolute atomic E-state index is 0.227. The van der Waals surface area contributed by atoms with Crippen molar-refractivity contribution in [2.75, 3.05) is 14.2 Å². The lowest BCUT2D eigenvalue weighted by molar-refractivity contribution is 0.0595. The summed E-state index contributed by atoms with van der Waals surface area (Å²) in [5.41, 5.74) is 1.77. The number of pyridine rings is 1. The number of nitrogens with zero attached hydrogens (tertiary/aromatic N) is 2. The fourth-order valence-electron chi connectivity index (χ4n) is 2.23. The van der Waals surface area contributed by atoms with Gasteiger partial charge in [-0.2, -0.15) is 0 Å². The van der Waals surface area contributed by atoms with Crippen LogP contribution in [-0.4, -0.2) is 29.6 Å². The number of benzene rings is 1. The molecule has 124 valence electrons. The summed E-state index contributed by atoms with van der Waals surface area (Å²) in [6.07, 6.45) is 3.40. The van der Waals surface area contributed by atoms with Gasteiger partial charge in [-0.3, -0.25) is 0 Å². The third kappa shape index (κ3) is 3.35. The molecule has 3 rings (SSSR count). The zero-order chi connectivity index (χ0) is 17.1. The lowest BCUT2D eigenvalue weighted by Gasteiger charge is -2.09. The van der Waals surface area contributed by atoms with Gasteiger partial charge in [-0.25, -0.2) is 9.78 Å². The second-order valence-corrected chi connectivity index (χ2v) is 5.92. The molecule has 7 heteroatoms. The minimum Gasteiger partial charge on any atom is -0.497 e. The number of carbonyl (C=O) groups is 1. The van der Waals surface area contributed by atoms with Crippen molar-refractivity contribution < 1.29 is 19.0 Å². The van der Waals surface area contributed by atoms with E-state index >= 15 is 0 Å². The summed E-state index contributed by atoms with van der Waals surface area (Å²) in [7, 11) is 2.95. The van der Waals surface area contributed by atoms with Crippen LogP contribution >= 0.6 is 15.9 Å². The Bertz CT molecular complexity index is 874. The molecule has 0 aliphatic rings. The maximum absolute atomic E-state index is 11.7. The van der Waals surface area contributed by atoms with Crippen molar-refractivity contribution in [3.05, 3.63) is 58.5 Å². The Balaban J connectivity index is 1.87. The highest BCUT2D eigenvalue weighted by atomic mass is 79.9. The second-order valence-electron chi connectivity index (χ2n) is 5.01. The van der Waals surface area contributed by atoms with Crippen molar-refractivity contribution in [2.45, 2.75) is 6.61 Å². The third-order valence-corrected chi connectivity index (χ3v) is 3.87. The normalized spacial score (nSPS) is 10.6. The molecule has 2 heterocycles. The van der Waals surface area contributed by atoms with E-state index in [2.05, 4.69) is 20.9 Å². The number of carbonyl (C=O) groups excluding carboxylic acids is 1. The lowest BCUT2D eigenvalue weighted by Crippen LogP contribution is -2.01. The molecule has 0 spiro atoms. The van der Waals surface area contributed by atoms with E-state index in [9.17, 15) is 4.79 Å². The summed E-state index contributed by atoms with van der Waals surface area (Å²) in [6.45, 7) is 0.372. The van der Waals surface area contributed by atoms with Crippen LogP contribution in [0.1, 0.15) is 16.1 Å². The third-order valence-electron chi connectivity index (χ3n) is 3.43. The molecule has 0 fully saturated rings. The number of aromatic nitrogens is 2. The Hall–Kier alpha value is -2.54. The fourth-order valence-corrected chi connectivity index (χ4v) is 2.65. The predicted octanol–water partition coefficient (Wildman–Crippen LogP) is 3.47. The van der Waals surface area contributed by atoms with E-state index in [1.807, 2.05) is 30.3 Å². The average Bonchev–Trinajstić information content (AvgIpc) is 3.03. The van der Waals surface area contributed by atoms with Crippen LogP contribution in [-0.2, 0) is 11.3 Å². The van der Waals surface area contributed by atoms with Gasteiger partial charge in [-0.05, 0) is 39.7 Å². The van der Waals surface area contributed by atoms with Gasteiger partial charge in [-0.1, -0.05) is 12.1 Å². The molecule has 3 aromatic rings. The molecule has 0 unspecified atom stereocenters.